The van der Waals surface area contributed by atoms with Crippen molar-refractivity contribution in [3.63, 3.8) is 0 Å². The highest BCUT2D eigenvalue weighted by Gasteiger charge is 2.12. The molecule has 2 heterocycles. The molecule has 4 rings (SSSR count). The monoisotopic (exact) mass is 501 g/mol. The molecule has 2 aromatic carbocycles. The Morgan fingerprint density at radius 3 is 2.39 bits per heavy atom. The number of benzene rings is 2. The molecule has 0 atom stereocenters. The maximum Gasteiger partial charge on any atom is 0.211 e. The molecule has 0 aliphatic rings. The van der Waals surface area contributed by atoms with Gasteiger partial charge in [0.2, 0.25) is 10.6 Å². The van der Waals surface area contributed by atoms with Crippen LogP contribution in [-0.4, -0.2) is 37.3 Å². The van der Waals surface area contributed by atoms with Crippen molar-refractivity contribution in [2.45, 2.75) is 0 Å². The summed E-state index contributed by atoms with van der Waals surface area (Å²) in [6.45, 7) is 0. The lowest BCUT2D eigenvalue weighted by atomic mass is 10.2. The zero-order valence-electron chi connectivity index (χ0n) is 18.0. The van der Waals surface area contributed by atoms with Crippen molar-refractivity contribution in [1.29, 1.82) is 0 Å². The Morgan fingerprint density at radius 2 is 1.76 bits per heavy atom. The maximum atomic E-state index is 10.2. The first-order valence-corrected chi connectivity index (χ1v) is 11.7. The highest BCUT2D eigenvalue weighted by atomic mass is 35.5. The molecular formula is C23H20ClN3O4S2. The van der Waals surface area contributed by atoms with Crippen LogP contribution in [0.25, 0.3) is 10.6 Å². The number of rotatable bonds is 7. The SMILES string of the molecule is COc1cccc(N=c2scc(-c3ccc(Cl)s3)n2/N=C/c2cc(OC)c(O)c(OC)c2)c1. The van der Waals surface area contributed by atoms with Crippen molar-refractivity contribution in [2.24, 2.45) is 10.1 Å². The summed E-state index contributed by atoms with van der Waals surface area (Å²) in [5.41, 5.74) is 2.28. The lowest BCUT2D eigenvalue weighted by Gasteiger charge is -2.09. The smallest absolute Gasteiger partial charge is 0.211 e. The largest absolute Gasteiger partial charge is 0.502 e. The van der Waals surface area contributed by atoms with Crippen molar-refractivity contribution < 1.29 is 19.3 Å². The molecule has 33 heavy (non-hydrogen) atoms. The third-order valence-electron chi connectivity index (χ3n) is 4.61. The van der Waals surface area contributed by atoms with E-state index in [-0.39, 0.29) is 17.2 Å². The maximum absolute atomic E-state index is 10.2. The van der Waals surface area contributed by atoms with Gasteiger partial charge in [-0.2, -0.15) is 5.10 Å². The molecule has 0 saturated carbocycles. The molecule has 0 spiro atoms. The molecule has 2 aromatic heterocycles. The van der Waals surface area contributed by atoms with Crippen LogP contribution in [-0.2, 0) is 0 Å². The number of phenolic OH excluding ortho intramolecular Hbond substituents is 1. The second kappa shape index (κ2) is 10.1. The second-order valence-electron chi connectivity index (χ2n) is 6.65. The van der Waals surface area contributed by atoms with Gasteiger partial charge in [0.1, 0.15) is 5.75 Å². The number of hydrogen-bond acceptors (Lipinski definition) is 8. The summed E-state index contributed by atoms with van der Waals surface area (Å²) in [6, 6.07) is 14.6. The fourth-order valence-corrected chi connectivity index (χ4v) is 4.98. The predicted octanol–water partition coefficient (Wildman–Crippen LogP) is 5.78. The molecule has 0 radical (unpaired) electrons. The van der Waals surface area contributed by atoms with Gasteiger partial charge in [-0.25, -0.2) is 9.67 Å². The van der Waals surface area contributed by atoms with Crippen molar-refractivity contribution in [1.82, 2.24) is 4.68 Å². The van der Waals surface area contributed by atoms with Gasteiger partial charge in [-0.05, 0) is 36.4 Å². The van der Waals surface area contributed by atoms with Crippen molar-refractivity contribution in [2.75, 3.05) is 21.3 Å². The van der Waals surface area contributed by atoms with E-state index in [0.29, 0.717) is 14.7 Å². The molecular weight excluding hydrogens is 482 g/mol. The molecule has 1 N–H and O–H groups in total. The summed E-state index contributed by atoms with van der Waals surface area (Å²) in [7, 11) is 4.58. The van der Waals surface area contributed by atoms with Gasteiger partial charge in [0.25, 0.3) is 0 Å². The minimum absolute atomic E-state index is 0.0667. The number of hydrogen-bond donors (Lipinski definition) is 1. The molecule has 0 bridgehead atoms. The molecule has 170 valence electrons. The fraction of sp³-hybridized carbons (Fsp3) is 0.130. The average molecular weight is 502 g/mol. The van der Waals surface area contributed by atoms with Gasteiger partial charge in [0, 0.05) is 17.0 Å². The van der Waals surface area contributed by atoms with E-state index < -0.39 is 0 Å². The molecule has 0 fully saturated rings. The molecule has 7 nitrogen and oxygen atoms in total. The van der Waals surface area contributed by atoms with Gasteiger partial charge < -0.3 is 19.3 Å². The molecule has 0 unspecified atom stereocenters. The molecule has 10 heteroatoms. The normalized spacial score (nSPS) is 11.8. The van der Waals surface area contributed by atoms with Crippen LogP contribution in [0.2, 0.25) is 4.34 Å². The van der Waals surface area contributed by atoms with Gasteiger partial charge >= 0.3 is 0 Å². The average Bonchev–Trinajstić information content (AvgIpc) is 3.44. The van der Waals surface area contributed by atoms with Crippen LogP contribution in [0.1, 0.15) is 5.56 Å². The number of phenols is 1. The number of ether oxygens (including phenoxy) is 3. The van der Waals surface area contributed by atoms with Crippen LogP contribution in [0.5, 0.6) is 23.0 Å². The molecule has 0 aliphatic carbocycles. The van der Waals surface area contributed by atoms with E-state index in [4.69, 9.17) is 30.8 Å². The van der Waals surface area contributed by atoms with Crippen molar-refractivity contribution >= 4 is 46.2 Å². The van der Waals surface area contributed by atoms with Gasteiger partial charge in [0.15, 0.2) is 11.5 Å². The van der Waals surface area contributed by atoms with Crippen LogP contribution in [0.4, 0.5) is 5.69 Å². The van der Waals surface area contributed by atoms with Gasteiger partial charge in [0.05, 0.1) is 48.1 Å². The van der Waals surface area contributed by atoms with Crippen LogP contribution >= 0.6 is 34.3 Å². The van der Waals surface area contributed by atoms with E-state index in [1.807, 2.05) is 41.8 Å². The number of thiophene rings is 1. The Labute approximate surface area is 203 Å². The summed E-state index contributed by atoms with van der Waals surface area (Å²) in [5.74, 6) is 1.23. The first-order valence-electron chi connectivity index (χ1n) is 9.66. The molecule has 0 saturated heterocycles. The molecule has 0 aliphatic heterocycles. The van der Waals surface area contributed by atoms with E-state index in [2.05, 4.69) is 5.10 Å². The van der Waals surface area contributed by atoms with Crippen LogP contribution in [0, 0.1) is 0 Å². The Bertz CT molecular complexity index is 1350. The van der Waals surface area contributed by atoms with Crippen LogP contribution in [0.15, 0.2) is 64.0 Å². The van der Waals surface area contributed by atoms with Crippen LogP contribution < -0.4 is 19.0 Å². The number of aromatic hydroxyl groups is 1. The summed E-state index contributed by atoms with van der Waals surface area (Å²) >= 11 is 9.09. The summed E-state index contributed by atoms with van der Waals surface area (Å²) in [4.78, 5) is 6.39. The highest BCUT2D eigenvalue weighted by molar-refractivity contribution is 7.19. The van der Waals surface area contributed by atoms with Crippen molar-refractivity contribution in [3.8, 4) is 33.6 Å². The number of halogens is 1. The van der Waals surface area contributed by atoms with Gasteiger partial charge in [-0.3, -0.25) is 0 Å². The fourth-order valence-electron chi connectivity index (χ4n) is 3.01. The number of aromatic nitrogens is 1. The minimum Gasteiger partial charge on any atom is -0.502 e. The second-order valence-corrected chi connectivity index (χ2v) is 9.20. The van der Waals surface area contributed by atoms with Gasteiger partial charge in [-0.15, -0.1) is 22.7 Å². The zero-order valence-corrected chi connectivity index (χ0v) is 20.4. The third-order valence-corrected chi connectivity index (χ3v) is 6.68. The third kappa shape index (κ3) is 5.05. The Balaban J connectivity index is 1.84. The summed E-state index contributed by atoms with van der Waals surface area (Å²) in [5, 5.41) is 16.8. The molecule has 0 amide bonds. The number of thiazole rings is 1. The number of nitrogens with zero attached hydrogens (tertiary/aromatic N) is 3. The van der Waals surface area contributed by atoms with Gasteiger partial charge in [-0.1, -0.05) is 17.7 Å². The summed E-state index contributed by atoms with van der Waals surface area (Å²) < 4.78 is 18.2. The molecule has 4 aromatic rings. The van der Waals surface area contributed by atoms with Crippen LogP contribution in [0.3, 0.4) is 0 Å². The van der Waals surface area contributed by atoms with E-state index in [9.17, 15) is 5.11 Å². The van der Waals surface area contributed by atoms with E-state index in [1.165, 1.54) is 36.9 Å². The summed E-state index contributed by atoms with van der Waals surface area (Å²) in [6.07, 6.45) is 1.65. The Morgan fingerprint density at radius 1 is 1.00 bits per heavy atom. The topological polar surface area (TPSA) is 77.6 Å². The van der Waals surface area contributed by atoms with Crippen molar-refractivity contribution in [3.05, 3.63) is 68.6 Å². The zero-order chi connectivity index (χ0) is 23.4. The lowest BCUT2D eigenvalue weighted by Crippen LogP contribution is -2.11. The number of methoxy groups -OCH3 is 3. The van der Waals surface area contributed by atoms with E-state index >= 15 is 0 Å². The predicted molar refractivity (Wildman–Crippen MR) is 133 cm³/mol. The van der Waals surface area contributed by atoms with E-state index in [1.54, 1.807) is 30.1 Å². The standard InChI is InChI=1S/C23H20ClN3O4S2/c1-29-16-6-4-5-15(11-16)26-23-27(17(13-32-23)20-7-8-21(24)33-20)25-12-14-9-18(30-2)22(28)19(10-14)31-3/h4-13,28H,1-3H3/b25-12+,26-23?. The Hall–Kier alpha value is -3.27. The highest BCUT2D eigenvalue weighted by Crippen LogP contribution is 2.37. The quantitative estimate of drug-likeness (QED) is 0.326. The Kier molecular flexibility index (Phi) is 7.02. The minimum atomic E-state index is -0.0667. The first-order chi connectivity index (χ1) is 16.0. The lowest BCUT2D eigenvalue weighted by molar-refractivity contribution is 0.340. The first kappa shape index (κ1) is 22.9. The van der Waals surface area contributed by atoms with E-state index in [0.717, 1.165) is 22.0 Å².